The molecule has 0 radical (unpaired) electrons. The fourth-order valence-corrected chi connectivity index (χ4v) is 11.1. The second-order valence-corrected chi connectivity index (χ2v) is 20.5. The number of fused-ring (bicyclic) bond motifs is 8. The monoisotopic (exact) mass is 781 g/mol. The number of hydrogen-bond acceptors (Lipinski definition) is 1. The first-order chi connectivity index (χ1) is 28.8. The van der Waals surface area contributed by atoms with E-state index in [2.05, 4.69) is 212 Å². The molecule has 0 heterocycles. The van der Waals surface area contributed by atoms with E-state index in [9.17, 15) is 0 Å². The Labute approximate surface area is 359 Å². The van der Waals surface area contributed by atoms with Crippen LogP contribution in [0.25, 0.3) is 44.5 Å². The summed E-state index contributed by atoms with van der Waals surface area (Å²) in [6.45, 7) is 18.6. The third kappa shape index (κ3) is 6.10. The third-order valence-corrected chi connectivity index (χ3v) is 14.4. The lowest BCUT2D eigenvalue weighted by Crippen LogP contribution is -2.28. The van der Waals surface area contributed by atoms with Crippen LogP contribution in [0, 0.1) is 0 Å². The van der Waals surface area contributed by atoms with Crippen molar-refractivity contribution in [3.05, 3.63) is 185 Å². The molecule has 300 valence electrons. The van der Waals surface area contributed by atoms with E-state index >= 15 is 0 Å². The summed E-state index contributed by atoms with van der Waals surface area (Å²) in [6, 6.07) is 58.6. The number of para-hydroxylation sites is 1. The molecule has 1 nitrogen and oxygen atoms in total. The van der Waals surface area contributed by atoms with Crippen LogP contribution in [0.3, 0.4) is 0 Å². The zero-order valence-corrected chi connectivity index (χ0v) is 36.9. The molecule has 1 spiro atoms. The lowest BCUT2D eigenvalue weighted by Gasteiger charge is -2.37. The fourth-order valence-electron chi connectivity index (χ4n) is 11.1. The average molecular weight is 782 g/mol. The molecule has 1 heteroatoms. The molecule has 10 rings (SSSR count). The minimum Gasteiger partial charge on any atom is -0.310 e. The third-order valence-electron chi connectivity index (χ3n) is 14.4. The van der Waals surface area contributed by atoms with Crippen molar-refractivity contribution in [3.63, 3.8) is 0 Å². The maximum absolute atomic E-state index is 2.58. The van der Waals surface area contributed by atoms with Crippen molar-refractivity contribution in [2.24, 2.45) is 0 Å². The Bertz CT molecular complexity index is 2780. The van der Waals surface area contributed by atoms with Gasteiger partial charge in [-0.3, -0.25) is 0 Å². The van der Waals surface area contributed by atoms with Gasteiger partial charge in [0.25, 0.3) is 0 Å². The highest BCUT2D eigenvalue weighted by molar-refractivity contribution is 5.96. The molecule has 1 fully saturated rings. The maximum Gasteiger partial charge on any atom is 0.0540 e. The summed E-state index contributed by atoms with van der Waals surface area (Å²) >= 11 is 0. The summed E-state index contributed by atoms with van der Waals surface area (Å²) < 4.78 is 0. The Balaban J connectivity index is 1.21. The maximum atomic E-state index is 2.58. The van der Waals surface area contributed by atoms with Crippen LogP contribution in [-0.2, 0) is 21.7 Å². The van der Waals surface area contributed by atoms with Crippen LogP contribution < -0.4 is 4.90 Å². The Kier molecular flexibility index (Phi) is 8.96. The van der Waals surface area contributed by atoms with Gasteiger partial charge in [0.05, 0.1) is 5.69 Å². The summed E-state index contributed by atoms with van der Waals surface area (Å²) in [4.78, 5) is 2.58. The second kappa shape index (κ2) is 14.0. The SMILES string of the molecule is CC(C)(C)c1ccc(-c2cc(C(C)(C)C)ccc2-c2ccccc2N(c2ccc3c(c2)C(C)(C)c2ccccc2-3)c2ccc3c(c2)C2(CCCCC2)c2ccccc2-3)cc1. The largest absolute Gasteiger partial charge is 0.310 e. The molecule has 3 aliphatic rings. The van der Waals surface area contributed by atoms with Crippen LogP contribution in [0.1, 0.15) is 121 Å². The van der Waals surface area contributed by atoms with Gasteiger partial charge in [-0.2, -0.15) is 0 Å². The molecule has 0 aromatic heterocycles. The van der Waals surface area contributed by atoms with Crippen LogP contribution >= 0.6 is 0 Å². The first kappa shape index (κ1) is 38.5. The van der Waals surface area contributed by atoms with E-state index in [1.165, 1.54) is 127 Å². The zero-order chi connectivity index (χ0) is 41.6. The molecule has 0 unspecified atom stereocenters. The second-order valence-electron chi connectivity index (χ2n) is 20.5. The molecule has 0 amide bonds. The fraction of sp³-hybridized carbons (Fsp3) is 0.288. The Morgan fingerprint density at radius 1 is 0.400 bits per heavy atom. The molecule has 3 aliphatic carbocycles. The predicted molar refractivity (Wildman–Crippen MR) is 256 cm³/mol. The van der Waals surface area contributed by atoms with Crippen molar-refractivity contribution in [1.29, 1.82) is 0 Å². The van der Waals surface area contributed by atoms with E-state index in [1.807, 2.05) is 0 Å². The molecular formula is C59H59N. The standard InChI is InChI=1S/C59H59N/c1-56(2,3)40-26-24-39(25-27-40)50-36-41(57(4,5)6)28-31-44(50)49-20-12-15-23-55(49)60(42-29-32-47-45-18-10-13-21-51(45)58(7,8)53(47)37-42)43-30-33-48-46-19-11-14-22-52(46)59(54(48)38-43)34-16-9-17-35-59/h10-15,18-33,36-38H,9,16-17,34-35H2,1-8H3. The molecular weight excluding hydrogens is 723 g/mol. The van der Waals surface area contributed by atoms with Gasteiger partial charge in [-0.25, -0.2) is 0 Å². The van der Waals surface area contributed by atoms with Gasteiger partial charge in [0, 0.05) is 27.8 Å². The minimum absolute atomic E-state index is 0.00997. The van der Waals surface area contributed by atoms with Crippen LogP contribution in [0.4, 0.5) is 17.1 Å². The zero-order valence-electron chi connectivity index (χ0n) is 36.9. The highest BCUT2D eigenvalue weighted by Crippen LogP contribution is 2.58. The Morgan fingerprint density at radius 2 is 0.900 bits per heavy atom. The molecule has 0 saturated heterocycles. The quantitative estimate of drug-likeness (QED) is 0.168. The molecule has 0 N–H and O–H groups in total. The van der Waals surface area contributed by atoms with E-state index in [0.29, 0.717) is 0 Å². The van der Waals surface area contributed by atoms with Crippen molar-refractivity contribution >= 4 is 17.1 Å². The van der Waals surface area contributed by atoms with Crippen LogP contribution in [0.2, 0.25) is 0 Å². The lowest BCUT2D eigenvalue weighted by atomic mass is 9.68. The number of benzene rings is 7. The van der Waals surface area contributed by atoms with Crippen LogP contribution in [0.5, 0.6) is 0 Å². The smallest absolute Gasteiger partial charge is 0.0540 e. The molecule has 0 atom stereocenters. The van der Waals surface area contributed by atoms with Crippen LogP contribution in [0.15, 0.2) is 152 Å². The van der Waals surface area contributed by atoms with E-state index in [1.54, 1.807) is 0 Å². The van der Waals surface area contributed by atoms with Crippen molar-refractivity contribution in [1.82, 2.24) is 0 Å². The topological polar surface area (TPSA) is 3.24 Å². The van der Waals surface area contributed by atoms with Crippen molar-refractivity contribution in [2.75, 3.05) is 4.90 Å². The van der Waals surface area contributed by atoms with Crippen LogP contribution in [-0.4, -0.2) is 0 Å². The normalized spacial score (nSPS) is 15.9. The van der Waals surface area contributed by atoms with Gasteiger partial charge in [0.15, 0.2) is 0 Å². The Morgan fingerprint density at radius 3 is 1.55 bits per heavy atom. The van der Waals surface area contributed by atoms with Gasteiger partial charge >= 0.3 is 0 Å². The van der Waals surface area contributed by atoms with Crippen molar-refractivity contribution in [3.8, 4) is 44.5 Å². The van der Waals surface area contributed by atoms with Gasteiger partial charge in [0.1, 0.15) is 0 Å². The summed E-state index contributed by atoms with van der Waals surface area (Å²) in [7, 11) is 0. The van der Waals surface area contributed by atoms with E-state index in [4.69, 9.17) is 0 Å². The summed E-state index contributed by atoms with van der Waals surface area (Å²) in [6.07, 6.45) is 6.28. The van der Waals surface area contributed by atoms with Gasteiger partial charge in [-0.05, 0) is 126 Å². The average Bonchev–Trinajstić information content (AvgIpc) is 3.64. The summed E-state index contributed by atoms with van der Waals surface area (Å²) in [5.41, 5.74) is 22.7. The molecule has 7 aromatic carbocycles. The predicted octanol–water partition coefficient (Wildman–Crippen LogP) is 16.6. The highest BCUT2D eigenvalue weighted by Gasteiger charge is 2.44. The molecule has 1 saturated carbocycles. The number of hydrogen-bond donors (Lipinski definition) is 0. The van der Waals surface area contributed by atoms with Gasteiger partial charge in [-0.15, -0.1) is 0 Å². The molecule has 60 heavy (non-hydrogen) atoms. The molecule has 0 bridgehead atoms. The highest BCUT2D eigenvalue weighted by atomic mass is 15.1. The molecule has 7 aromatic rings. The number of rotatable bonds is 5. The lowest BCUT2D eigenvalue weighted by molar-refractivity contribution is 0.353. The first-order valence-corrected chi connectivity index (χ1v) is 22.4. The van der Waals surface area contributed by atoms with Gasteiger partial charge in [-0.1, -0.05) is 196 Å². The summed E-state index contributed by atoms with van der Waals surface area (Å²) in [5, 5.41) is 0. The number of nitrogens with zero attached hydrogens (tertiary/aromatic N) is 1. The number of anilines is 3. The first-order valence-electron chi connectivity index (χ1n) is 22.4. The van der Waals surface area contributed by atoms with Gasteiger partial charge < -0.3 is 4.90 Å². The Hall–Kier alpha value is -5.66. The molecule has 0 aliphatic heterocycles. The minimum atomic E-state index is -0.117. The summed E-state index contributed by atoms with van der Waals surface area (Å²) in [5.74, 6) is 0. The van der Waals surface area contributed by atoms with E-state index in [-0.39, 0.29) is 21.7 Å². The van der Waals surface area contributed by atoms with Crippen molar-refractivity contribution < 1.29 is 0 Å². The van der Waals surface area contributed by atoms with E-state index < -0.39 is 0 Å². The van der Waals surface area contributed by atoms with Crippen molar-refractivity contribution in [2.45, 2.75) is 109 Å². The van der Waals surface area contributed by atoms with Gasteiger partial charge in [0.2, 0.25) is 0 Å². The van der Waals surface area contributed by atoms with E-state index in [0.717, 1.165) is 0 Å².